The van der Waals surface area contributed by atoms with Crippen LogP contribution in [-0.4, -0.2) is 13.4 Å². The molecule has 0 saturated carbocycles. The number of nitrogens with zero attached hydrogens (tertiary/aromatic N) is 1. The van der Waals surface area contributed by atoms with Crippen molar-refractivity contribution in [2.24, 2.45) is 5.14 Å². The van der Waals surface area contributed by atoms with Gasteiger partial charge in [-0.2, -0.15) is 0 Å². The first-order valence-corrected chi connectivity index (χ1v) is 5.42. The average molecular weight is 258 g/mol. The zero-order valence-electron chi connectivity index (χ0n) is 7.12. The van der Waals surface area contributed by atoms with E-state index in [0.717, 1.165) is 6.07 Å². The molecule has 1 heterocycles. The molecular formula is C6H6ClF2N3O2S. The molecule has 84 valence electrons. The highest BCUT2D eigenvalue weighted by Crippen LogP contribution is 2.29. The summed E-state index contributed by atoms with van der Waals surface area (Å²) < 4.78 is 46.6. The van der Waals surface area contributed by atoms with Crippen LogP contribution in [0.4, 0.5) is 14.6 Å². The highest BCUT2D eigenvalue weighted by molar-refractivity contribution is 7.89. The van der Waals surface area contributed by atoms with Crippen LogP contribution in [0.2, 0.25) is 5.02 Å². The smallest absolute Gasteiger partial charge is 0.266 e. The number of anilines is 1. The van der Waals surface area contributed by atoms with Crippen LogP contribution >= 0.6 is 11.6 Å². The number of hydrogen-bond donors (Lipinski definition) is 2. The molecule has 0 aliphatic rings. The first-order chi connectivity index (χ1) is 6.73. The molecule has 0 aromatic carbocycles. The van der Waals surface area contributed by atoms with Crippen LogP contribution in [0.25, 0.3) is 0 Å². The Morgan fingerprint density at radius 3 is 2.40 bits per heavy atom. The first-order valence-electron chi connectivity index (χ1n) is 3.50. The summed E-state index contributed by atoms with van der Waals surface area (Å²) in [6, 6.07) is 0.730. The largest absolute Gasteiger partial charge is 0.382 e. The van der Waals surface area contributed by atoms with E-state index in [1.807, 2.05) is 0 Å². The van der Waals surface area contributed by atoms with Crippen LogP contribution in [0, 0.1) is 0 Å². The Kier molecular flexibility index (Phi) is 3.12. The molecule has 0 aliphatic heterocycles. The van der Waals surface area contributed by atoms with Gasteiger partial charge in [0.2, 0.25) is 0 Å². The summed E-state index contributed by atoms with van der Waals surface area (Å²) in [5.41, 5.74) is 4.31. The van der Waals surface area contributed by atoms with Crippen LogP contribution in [0.3, 0.4) is 0 Å². The van der Waals surface area contributed by atoms with Gasteiger partial charge in [-0.05, 0) is 6.07 Å². The Morgan fingerprint density at radius 1 is 1.47 bits per heavy atom. The summed E-state index contributed by atoms with van der Waals surface area (Å²) in [7, 11) is -4.35. The Bertz CT molecular complexity index is 491. The maximum absolute atomic E-state index is 12.4. The molecular weight excluding hydrogens is 252 g/mol. The molecule has 15 heavy (non-hydrogen) atoms. The van der Waals surface area contributed by atoms with Gasteiger partial charge in [0.1, 0.15) is 5.82 Å². The van der Waals surface area contributed by atoms with E-state index in [0.29, 0.717) is 0 Å². The molecule has 0 amide bonds. The van der Waals surface area contributed by atoms with Gasteiger partial charge in [0, 0.05) is 0 Å². The molecule has 1 aromatic heterocycles. The van der Waals surface area contributed by atoms with E-state index in [1.54, 1.807) is 0 Å². The molecule has 0 atom stereocenters. The monoisotopic (exact) mass is 257 g/mol. The van der Waals surface area contributed by atoms with E-state index in [2.05, 4.69) is 4.98 Å². The number of primary sulfonamides is 1. The molecule has 0 aliphatic carbocycles. The van der Waals surface area contributed by atoms with E-state index >= 15 is 0 Å². The van der Waals surface area contributed by atoms with E-state index in [4.69, 9.17) is 22.5 Å². The minimum atomic E-state index is -4.35. The third-order valence-corrected chi connectivity index (χ3v) is 2.67. The van der Waals surface area contributed by atoms with Crippen molar-refractivity contribution < 1.29 is 17.2 Å². The molecule has 0 spiro atoms. The molecule has 0 saturated heterocycles. The van der Waals surface area contributed by atoms with Crippen molar-refractivity contribution in [3.63, 3.8) is 0 Å². The van der Waals surface area contributed by atoms with Crippen molar-refractivity contribution >= 4 is 27.4 Å². The normalized spacial score (nSPS) is 12.1. The lowest BCUT2D eigenvalue weighted by Gasteiger charge is -2.07. The quantitative estimate of drug-likeness (QED) is 0.822. The molecule has 0 unspecified atom stereocenters. The van der Waals surface area contributed by atoms with E-state index in [-0.39, 0.29) is 10.8 Å². The summed E-state index contributed by atoms with van der Waals surface area (Å²) in [5, 5.41) is 3.48. The van der Waals surface area contributed by atoms with Crippen molar-refractivity contribution in [2.45, 2.75) is 11.5 Å². The maximum Gasteiger partial charge on any atom is 0.266 e. The predicted molar refractivity (Wildman–Crippen MR) is 50.0 cm³/mol. The summed E-state index contributed by atoms with van der Waals surface area (Å²) in [4.78, 5) is 3.22. The number of alkyl halides is 2. The zero-order valence-corrected chi connectivity index (χ0v) is 8.69. The van der Waals surface area contributed by atoms with Crippen molar-refractivity contribution in [1.82, 2.24) is 4.98 Å². The number of halogens is 3. The number of sulfonamides is 1. The first kappa shape index (κ1) is 12.1. The zero-order chi connectivity index (χ0) is 11.8. The Balaban J connectivity index is 3.56. The number of hydrogen-bond acceptors (Lipinski definition) is 4. The van der Waals surface area contributed by atoms with Gasteiger partial charge in [-0.15, -0.1) is 0 Å². The molecule has 4 N–H and O–H groups in total. The lowest BCUT2D eigenvalue weighted by atomic mass is 10.3. The van der Waals surface area contributed by atoms with Crippen LogP contribution in [0.5, 0.6) is 0 Å². The van der Waals surface area contributed by atoms with Crippen LogP contribution in [0.1, 0.15) is 12.0 Å². The summed E-state index contributed by atoms with van der Waals surface area (Å²) in [6.07, 6.45) is -3.05. The van der Waals surface area contributed by atoms with Crippen molar-refractivity contribution in [3.8, 4) is 0 Å². The van der Waals surface area contributed by atoms with Gasteiger partial charge in [-0.3, -0.25) is 0 Å². The van der Waals surface area contributed by atoms with Crippen molar-refractivity contribution in [1.29, 1.82) is 0 Å². The van der Waals surface area contributed by atoms with Gasteiger partial charge in [-0.1, -0.05) is 11.6 Å². The fraction of sp³-hybridized carbons (Fsp3) is 0.167. The van der Waals surface area contributed by atoms with Crippen LogP contribution < -0.4 is 10.9 Å². The Labute approximate surface area is 89.1 Å². The fourth-order valence-corrected chi connectivity index (χ4v) is 1.75. The topological polar surface area (TPSA) is 99.1 Å². The molecule has 1 rings (SSSR count). The molecule has 0 radical (unpaired) electrons. The Hall–Kier alpha value is -0.990. The summed E-state index contributed by atoms with van der Waals surface area (Å²) in [5.74, 6) is -0.370. The van der Waals surface area contributed by atoms with E-state index in [1.165, 1.54) is 0 Å². The van der Waals surface area contributed by atoms with E-state index in [9.17, 15) is 17.2 Å². The highest BCUT2D eigenvalue weighted by atomic mass is 35.5. The van der Waals surface area contributed by atoms with Crippen molar-refractivity contribution in [3.05, 3.63) is 16.7 Å². The molecule has 9 heteroatoms. The minimum Gasteiger partial charge on any atom is -0.382 e. The standard InChI is InChI=1S/C6H6ClF2N3O2S/c7-3-1-2(4(8)9)6(12-5(3)10)15(11,13)14/h1,4H,(H2,10,12)(H2,11,13,14). The third kappa shape index (κ3) is 2.52. The van der Waals surface area contributed by atoms with Gasteiger partial charge in [-0.25, -0.2) is 27.3 Å². The number of aromatic nitrogens is 1. The van der Waals surface area contributed by atoms with Crippen molar-refractivity contribution in [2.75, 3.05) is 5.73 Å². The number of pyridine rings is 1. The van der Waals surface area contributed by atoms with Gasteiger partial charge in [0.25, 0.3) is 16.4 Å². The van der Waals surface area contributed by atoms with Gasteiger partial charge >= 0.3 is 0 Å². The molecule has 0 bridgehead atoms. The van der Waals surface area contributed by atoms with Gasteiger partial charge in [0.15, 0.2) is 5.03 Å². The Morgan fingerprint density at radius 2 is 2.00 bits per heavy atom. The molecule has 0 fully saturated rings. The second-order valence-electron chi connectivity index (χ2n) is 2.60. The minimum absolute atomic E-state index is 0.252. The number of rotatable bonds is 2. The van der Waals surface area contributed by atoms with Gasteiger partial charge in [0.05, 0.1) is 10.6 Å². The average Bonchev–Trinajstić information content (AvgIpc) is 2.06. The van der Waals surface area contributed by atoms with Crippen LogP contribution in [-0.2, 0) is 10.0 Å². The fourth-order valence-electron chi connectivity index (χ4n) is 0.884. The molecule has 5 nitrogen and oxygen atoms in total. The SMILES string of the molecule is Nc1nc(S(N)(=O)=O)c(C(F)F)cc1Cl. The summed E-state index contributed by atoms with van der Waals surface area (Å²) >= 11 is 5.42. The maximum atomic E-state index is 12.4. The summed E-state index contributed by atoms with van der Waals surface area (Å²) in [6.45, 7) is 0. The lowest BCUT2D eigenvalue weighted by molar-refractivity contribution is 0.147. The van der Waals surface area contributed by atoms with E-state index < -0.39 is 27.0 Å². The number of nitrogens with two attached hydrogens (primary N) is 2. The second kappa shape index (κ2) is 3.87. The molecule has 1 aromatic rings. The number of nitrogen functional groups attached to an aromatic ring is 1. The highest BCUT2D eigenvalue weighted by Gasteiger charge is 2.24. The van der Waals surface area contributed by atoms with Gasteiger partial charge < -0.3 is 5.73 Å². The third-order valence-electron chi connectivity index (χ3n) is 1.50. The lowest BCUT2D eigenvalue weighted by Crippen LogP contribution is -2.17. The van der Waals surface area contributed by atoms with Crippen LogP contribution in [0.15, 0.2) is 11.1 Å². The predicted octanol–water partition coefficient (Wildman–Crippen LogP) is 0.902. The second-order valence-corrected chi connectivity index (χ2v) is 4.48.